The van der Waals surface area contributed by atoms with Crippen LogP contribution >= 0.6 is 0 Å². The van der Waals surface area contributed by atoms with E-state index in [4.69, 9.17) is 0 Å². The van der Waals surface area contributed by atoms with Crippen molar-refractivity contribution in [1.29, 1.82) is 5.26 Å². The van der Waals surface area contributed by atoms with Gasteiger partial charge in [-0.3, -0.25) is 14.8 Å². The number of nitriles is 1. The maximum atomic E-state index is 12.8. The van der Waals surface area contributed by atoms with Crippen molar-refractivity contribution in [2.45, 2.75) is 26.2 Å². The van der Waals surface area contributed by atoms with Gasteiger partial charge in [-0.05, 0) is 51.1 Å². The minimum Gasteiger partial charge on any atom is -0.363 e. The highest BCUT2D eigenvalue weighted by molar-refractivity contribution is 6.04. The summed E-state index contributed by atoms with van der Waals surface area (Å²) < 4.78 is 0. The number of hydrogen-bond donors (Lipinski definition) is 1. The molecule has 3 aromatic heterocycles. The van der Waals surface area contributed by atoms with Gasteiger partial charge in [-0.15, -0.1) is 0 Å². The first-order valence-corrected chi connectivity index (χ1v) is 9.51. The van der Waals surface area contributed by atoms with Crippen LogP contribution in [0, 0.1) is 18.3 Å². The lowest BCUT2D eigenvalue weighted by molar-refractivity contribution is 0.102. The molecule has 0 aromatic carbocycles. The second-order valence-corrected chi connectivity index (χ2v) is 7.78. The van der Waals surface area contributed by atoms with Crippen LogP contribution in [0.2, 0.25) is 0 Å². The smallest absolute Gasteiger partial charge is 0.255 e. The van der Waals surface area contributed by atoms with E-state index in [0.29, 0.717) is 16.9 Å². The first-order valence-electron chi connectivity index (χ1n) is 9.51. The number of nitrogens with one attached hydrogen (secondary N) is 1. The highest BCUT2D eigenvalue weighted by Crippen LogP contribution is 2.26. The predicted octanol–water partition coefficient (Wildman–Crippen LogP) is 3.97. The highest BCUT2D eigenvalue weighted by Gasteiger charge is 2.22. The van der Waals surface area contributed by atoms with E-state index in [0.717, 1.165) is 22.6 Å². The molecule has 1 amide bonds. The van der Waals surface area contributed by atoms with Gasteiger partial charge < -0.3 is 10.2 Å². The average Bonchev–Trinajstić information content (AvgIpc) is 2.75. The zero-order valence-electron chi connectivity index (χ0n) is 17.8. The van der Waals surface area contributed by atoms with Crippen molar-refractivity contribution in [2.24, 2.45) is 0 Å². The van der Waals surface area contributed by atoms with Gasteiger partial charge in [-0.1, -0.05) is 0 Å². The number of carbonyl (C=O) groups excluding carboxylic acids is 1. The Morgan fingerprint density at radius 3 is 2.50 bits per heavy atom. The van der Waals surface area contributed by atoms with Crippen LogP contribution < -0.4 is 10.2 Å². The average molecular weight is 400 g/mol. The monoisotopic (exact) mass is 400 g/mol. The minimum atomic E-state index is -0.777. The number of hydrogen-bond acceptors (Lipinski definition) is 6. The van der Waals surface area contributed by atoms with Crippen LogP contribution in [0.15, 0.2) is 48.9 Å². The lowest BCUT2D eigenvalue weighted by Gasteiger charge is -2.15. The van der Waals surface area contributed by atoms with Crippen LogP contribution in [0.5, 0.6) is 0 Å². The molecule has 3 rings (SSSR count). The lowest BCUT2D eigenvalue weighted by atomic mass is 9.90. The molecule has 0 bridgehead atoms. The number of anilines is 2. The molecule has 7 nitrogen and oxygen atoms in total. The number of pyridine rings is 3. The molecule has 0 aliphatic rings. The fourth-order valence-corrected chi connectivity index (χ4v) is 2.88. The summed E-state index contributed by atoms with van der Waals surface area (Å²) in [5, 5.41) is 12.2. The maximum absolute atomic E-state index is 12.8. The van der Waals surface area contributed by atoms with Gasteiger partial charge in [-0.25, -0.2) is 4.98 Å². The number of aryl methyl sites for hydroxylation is 1. The quantitative estimate of drug-likeness (QED) is 0.696. The van der Waals surface area contributed by atoms with E-state index in [1.165, 1.54) is 0 Å². The fourth-order valence-electron chi connectivity index (χ4n) is 2.88. The molecule has 0 fully saturated rings. The summed E-state index contributed by atoms with van der Waals surface area (Å²) in [4.78, 5) is 27.8. The molecule has 0 saturated carbocycles. The first kappa shape index (κ1) is 20.9. The first-order chi connectivity index (χ1) is 14.2. The van der Waals surface area contributed by atoms with E-state index in [9.17, 15) is 10.1 Å². The zero-order chi connectivity index (χ0) is 21.9. The molecule has 0 unspecified atom stereocenters. The Kier molecular flexibility index (Phi) is 5.79. The van der Waals surface area contributed by atoms with Crippen molar-refractivity contribution in [3.05, 3.63) is 65.9 Å². The Labute approximate surface area is 176 Å². The molecular weight excluding hydrogens is 376 g/mol. The molecule has 30 heavy (non-hydrogen) atoms. The van der Waals surface area contributed by atoms with Gasteiger partial charge in [-0.2, -0.15) is 5.26 Å². The van der Waals surface area contributed by atoms with Crippen LogP contribution in [-0.2, 0) is 5.41 Å². The SMILES string of the molecule is Cc1ncc(NC(=O)c2ccnc(C(C)(C)C#N)c2)cc1-c1ccc(N(C)C)nc1. The third-order valence-electron chi connectivity index (χ3n) is 4.80. The summed E-state index contributed by atoms with van der Waals surface area (Å²) in [6, 6.07) is 11.3. The molecule has 152 valence electrons. The van der Waals surface area contributed by atoms with E-state index in [1.807, 2.05) is 44.1 Å². The third kappa shape index (κ3) is 4.44. The van der Waals surface area contributed by atoms with E-state index >= 15 is 0 Å². The molecule has 3 heterocycles. The van der Waals surface area contributed by atoms with Crippen LogP contribution in [0.4, 0.5) is 11.5 Å². The summed E-state index contributed by atoms with van der Waals surface area (Å²) in [5.41, 5.74) is 3.44. The Balaban J connectivity index is 1.86. The van der Waals surface area contributed by atoms with Gasteiger partial charge in [0.2, 0.25) is 0 Å². The van der Waals surface area contributed by atoms with Crippen LogP contribution in [0.25, 0.3) is 11.1 Å². The van der Waals surface area contributed by atoms with Crippen molar-refractivity contribution in [3.8, 4) is 17.2 Å². The number of carbonyl (C=O) groups is 1. The Morgan fingerprint density at radius 1 is 1.10 bits per heavy atom. The molecule has 0 spiro atoms. The molecule has 0 aliphatic heterocycles. The van der Waals surface area contributed by atoms with Crippen molar-refractivity contribution in [1.82, 2.24) is 15.0 Å². The zero-order valence-corrected chi connectivity index (χ0v) is 17.8. The van der Waals surface area contributed by atoms with E-state index in [2.05, 4.69) is 26.3 Å². The maximum Gasteiger partial charge on any atom is 0.255 e. The molecular formula is C23H24N6O. The number of rotatable bonds is 5. The van der Waals surface area contributed by atoms with Crippen molar-refractivity contribution < 1.29 is 4.79 Å². The van der Waals surface area contributed by atoms with E-state index < -0.39 is 5.41 Å². The van der Waals surface area contributed by atoms with Crippen LogP contribution in [-0.4, -0.2) is 35.0 Å². The highest BCUT2D eigenvalue weighted by atomic mass is 16.1. The Hall–Kier alpha value is -3.79. The van der Waals surface area contributed by atoms with Gasteiger partial charge in [0.05, 0.1) is 29.1 Å². The number of amides is 1. The summed E-state index contributed by atoms with van der Waals surface area (Å²) in [6.45, 7) is 5.45. The second kappa shape index (κ2) is 8.29. The predicted molar refractivity (Wildman–Crippen MR) is 117 cm³/mol. The second-order valence-electron chi connectivity index (χ2n) is 7.78. The third-order valence-corrected chi connectivity index (χ3v) is 4.80. The molecule has 0 atom stereocenters. The van der Waals surface area contributed by atoms with E-state index in [-0.39, 0.29) is 5.91 Å². The standard InChI is InChI=1S/C23H24N6O/c1-15-19(17-6-7-21(27-12-17)29(4)5)11-18(13-26-15)28-22(30)16-8-9-25-20(10-16)23(2,3)14-24/h6-13H,1-5H3,(H,28,30). The van der Waals surface area contributed by atoms with Crippen molar-refractivity contribution in [2.75, 3.05) is 24.3 Å². The van der Waals surface area contributed by atoms with E-state index in [1.54, 1.807) is 44.6 Å². The van der Waals surface area contributed by atoms with Crippen LogP contribution in [0.3, 0.4) is 0 Å². The summed E-state index contributed by atoms with van der Waals surface area (Å²) in [7, 11) is 3.88. The summed E-state index contributed by atoms with van der Waals surface area (Å²) >= 11 is 0. The molecule has 7 heteroatoms. The molecule has 3 aromatic rings. The fraction of sp³-hybridized carbons (Fsp3) is 0.261. The van der Waals surface area contributed by atoms with Gasteiger partial charge in [0.1, 0.15) is 5.82 Å². The van der Waals surface area contributed by atoms with Crippen LogP contribution in [0.1, 0.15) is 35.6 Å². The lowest BCUT2D eigenvalue weighted by Crippen LogP contribution is -2.18. The molecule has 0 saturated heterocycles. The summed E-state index contributed by atoms with van der Waals surface area (Å²) in [6.07, 6.45) is 4.96. The van der Waals surface area contributed by atoms with Crippen molar-refractivity contribution >= 4 is 17.4 Å². The minimum absolute atomic E-state index is 0.287. The number of aromatic nitrogens is 3. The number of nitrogens with zero attached hydrogens (tertiary/aromatic N) is 5. The Bertz CT molecular complexity index is 1110. The molecule has 0 radical (unpaired) electrons. The Morgan fingerprint density at radius 2 is 1.87 bits per heavy atom. The van der Waals surface area contributed by atoms with Gasteiger partial charge >= 0.3 is 0 Å². The molecule has 0 aliphatic carbocycles. The topological polar surface area (TPSA) is 94.8 Å². The van der Waals surface area contributed by atoms with Gasteiger partial charge in [0, 0.05) is 48.9 Å². The summed E-state index contributed by atoms with van der Waals surface area (Å²) in [5.74, 6) is 0.577. The molecule has 1 N–H and O–H groups in total. The van der Waals surface area contributed by atoms with Crippen molar-refractivity contribution in [3.63, 3.8) is 0 Å². The van der Waals surface area contributed by atoms with Gasteiger partial charge in [0.15, 0.2) is 0 Å². The normalized spacial score (nSPS) is 10.9. The largest absolute Gasteiger partial charge is 0.363 e. The van der Waals surface area contributed by atoms with Gasteiger partial charge in [0.25, 0.3) is 5.91 Å².